The van der Waals surface area contributed by atoms with Crippen molar-refractivity contribution in [3.05, 3.63) is 24.4 Å². The molecule has 0 bridgehead atoms. The summed E-state index contributed by atoms with van der Waals surface area (Å²) in [7, 11) is 1.68. The van der Waals surface area contributed by atoms with Gasteiger partial charge in [0.2, 0.25) is 0 Å². The van der Waals surface area contributed by atoms with Gasteiger partial charge in [-0.25, -0.2) is 4.79 Å². The third-order valence-corrected chi connectivity index (χ3v) is 3.55. The normalized spacial score (nSPS) is 17.7. The largest absolute Gasteiger partial charge is 0.385 e. The van der Waals surface area contributed by atoms with Crippen LogP contribution in [0.3, 0.4) is 0 Å². The predicted molar refractivity (Wildman–Crippen MR) is 82.2 cm³/mol. The van der Waals surface area contributed by atoms with E-state index in [-0.39, 0.29) is 6.03 Å². The van der Waals surface area contributed by atoms with E-state index in [1.807, 2.05) is 6.20 Å². The first-order valence-electron chi connectivity index (χ1n) is 7.50. The Bertz CT molecular complexity index is 470. The summed E-state index contributed by atoms with van der Waals surface area (Å²) in [5, 5.41) is 9.97. The van der Waals surface area contributed by atoms with Crippen LogP contribution in [0.25, 0.3) is 0 Å². The zero-order valence-corrected chi connectivity index (χ0v) is 12.5. The maximum atomic E-state index is 11.8. The molecule has 2 amide bonds. The lowest BCUT2D eigenvalue weighted by Crippen LogP contribution is -2.33. The van der Waals surface area contributed by atoms with Crippen molar-refractivity contribution in [2.24, 2.45) is 5.92 Å². The molecule has 0 aliphatic heterocycles. The van der Waals surface area contributed by atoms with E-state index in [4.69, 9.17) is 4.74 Å². The molecule has 1 aliphatic rings. The number of nitrogens with one attached hydrogen (secondary N) is 2. The van der Waals surface area contributed by atoms with Crippen LogP contribution in [-0.4, -0.2) is 36.1 Å². The molecule has 0 aromatic carbocycles. The Labute approximate surface area is 125 Å². The first kappa shape index (κ1) is 15.6. The number of methoxy groups -OCH3 is 1. The number of urea groups is 1. The van der Waals surface area contributed by atoms with Crippen molar-refractivity contribution in [1.29, 1.82) is 0 Å². The number of aryl methyl sites for hydroxylation is 1. The lowest BCUT2D eigenvalue weighted by molar-refractivity contribution is 0.189. The maximum Gasteiger partial charge on any atom is 0.320 e. The fourth-order valence-corrected chi connectivity index (χ4v) is 2.36. The zero-order chi connectivity index (χ0) is 14.9. The van der Waals surface area contributed by atoms with Gasteiger partial charge in [0, 0.05) is 39.1 Å². The molecule has 0 spiro atoms. The number of hydrogen-bond donors (Lipinski definition) is 2. The lowest BCUT2D eigenvalue weighted by atomic mass is 9.94. The summed E-state index contributed by atoms with van der Waals surface area (Å²) in [5.74, 6) is 1.13. The highest BCUT2D eigenvalue weighted by Gasteiger charge is 2.11. The molecule has 0 saturated carbocycles. The summed E-state index contributed by atoms with van der Waals surface area (Å²) < 4.78 is 6.80. The highest BCUT2D eigenvalue weighted by atomic mass is 16.5. The van der Waals surface area contributed by atoms with Crippen LogP contribution in [0.5, 0.6) is 0 Å². The SMILES string of the molecule is COCCCn1ccc(NC(=O)NCC2CC=CCC2)n1. The van der Waals surface area contributed by atoms with E-state index in [1.165, 1.54) is 0 Å². The molecule has 0 saturated heterocycles. The van der Waals surface area contributed by atoms with Gasteiger partial charge in [-0.3, -0.25) is 10.00 Å². The Morgan fingerprint density at radius 2 is 2.43 bits per heavy atom. The fourth-order valence-electron chi connectivity index (χ4n) is 2.36. The number of anilines is 1. The van der Waals surface area contributed by atoms with Crippen LogP contribution in [0.1, 0.15) is 25.7 Å². The number of allylic oxidation sites excluding steroid dienone is 2. The van der Waals surface area contributed by atoms with E-state index < -0.39 is 0 Å². The van der Waals surface area contributed by atoms with E-state index in [9.17, 15) is 4.79 Å². The summed E-state index contributed by atoms with van der Waals surface area (Å²) in [5.41, 5.74) is 0. The third kappa shape index (κ3) is 5.59. The number of hydrogen-bond acceptors (Lipinski definition) is 3. The van der Waals surface area contributed by atoms with Crippen molar-refractivity contribution in [1.82, 2.24) is 15.1 Å². The van der Waals surface area contributed by atoms with E-state index in [0.717, 1.165) is 32.2 Å². The Hall–Kier alpha value is -1.82. The van der Waals surface area contributed by atoms with Crippen LogP contribution in [0.2, 0.25) is 0 Å². The van der Waals surface area contributed by atoms with Crippen molar-refractivity contribution >= 4 is 11.8 Å². The molecule has 1 unspecified atom stereocenters. The highest BCUT2D eigenvalue weighted by Crippen LogP contribution is 2.16. The second kappa shape index (κ2) is 8.46. The average molecular weight is 292 g/mol. The number of amides is 2. The van der Waals surface area contributed by atoms with Gasteiger partial charge >= 0.3 is 6.03 Å². The third-order valence-electron chi connectivity index (χ3n) is 3.55. The molecule has 1 aromatic rings. The monoisotopic (exact) mass is 292 g/mol. The van der Waals surface area contributed by atoms with Gasteiger partial charge in [-0.05, 0) is 31.6 Å². The van der Waals surface area contributed by atoms with Crippen LogP contribution >= 0.6 is 0 Å². The highest BCUT2D eigenvalue weighted by molar-refractivity contribution is 5.88. The number of carbonyl (C=O) groups is 1. The molecular weight excluding hydrogens is 268 g/mol. The molecule has 6 heteroatoms. The molecule has 0 radical (unpaired) electrons. The van der Waals surface area contributed by atoms with E-state index >= 15 is 0 Å². The van der Waals surface area contributed by atoms with Gasteiger partial charge in [0.25, 0.3) is 0 Å². The van der Waals surface area contributed by atoms with Gasteiger partial charge in [0.05, 0.1) is 0 Å². The molecule has 6 nitrogen and oxygen atoms in total. The van der Waals surface area contributed by atoms with Crippen molar-refractivity contribution in [3.63, 3.8) is 0 Å². The summed E-state index contributed by atoms with van der Waals surface area (Å²) in [4.78, 5) is 11.8. The van der Waals surface area contributed by atoms with Gasteiger partial charge < -0.3 is 10.1 Å². The Kier molecular flexibility index (Phi) is 6.27. The Morgan fingerprint density at radius 1 is 1.52 bits per heavy atom. The lowest BCUT2D eigenvalue weighted by Gasteiger charge is -2.17. The van der Waals surface area contributed by atoms with Crippen LogP contribution in [0.15, 0.2) is 24.4 Å². The minimum Gasteiger partial charge on any atom is -0.385 e. The molecule has 21 heavy (non-hydrogen) atoms. The average Bonchev–Trinajstić information content (AvgIpc) is 2.94. The molecule has 116 valence electrons. The molecule has 2 N–H and O–H groups in total. The van der Waals surface area contributed by atoms with Crippen molar-refractivity contribution in [2.45, 2.75) is 32.2 Å². The van der Waals surface area contributed by atoms with Gasteiger partial charge in [0.1, 0.15) is 0 Å². The van der Waals surface area contributed by atoms with Crippen molar-refractivity contribution in [2.75, 3.05) is 25.6 Å². The second-order valence-electron chi connectivity index (χ2n) is 5.30. The number of nitrogens with zero attached hydrogens (tertiary/aromatic N) is 2. The summed E-state index contributed by atoms with van der Waals surface area (Å²) in [6, 6.07) is 1.61. The first-order chi connectivity index (χ1) is 10.3. The molecule has 1 aromatic heterocycles. The van der Waals surface area contributed by atoms with E-state index in [1.54, 1.807) is 17.9 Å². The van der Waals surface area contributed by atoms with E-state index in [2.05, 4.69) is 27.9 Å². The maximum absolute atomic E-state index is 11.8. The van der Waals surface area contributed by atoms with Crippen LogP contribution in [-0.2, 0) is 11.3 Å². The quantitative estimate of drug-likeness (QED) is 0.599. The first-order valence-corrected chi connectivity index (χ1v) is 7.50. The predicted octanol–water partition coefficient (Wildman–Crippen LogP) is 2.40. The van der Waals surface area contributed by atoms with Crippen LogP contribution in [0.4, 0.5) is 10.6 Å². The summed E-state index contributed by atoms with van der Waals surface area (Å²) in [6.45, 7) is 2.20. The molecule has 1 atom stereocenters. The van der Waals surface area contributed by atoms with Gasteiger partial charge in [-0.1, -0.05) is 12.2 Å². The van der Waals surface area contributed by atoms with Crippen molar-refractivity contribution < 1.29 is 9.53 Å². The molecule has 1 aliphatic carbocycles. The number of rotatable bonds is 7. The summed E-state index contributed by atoms with van der Waals surface area (Å²) >= 11 is 0. The minimum atomic E-state index is -0.188. The topological polar surface area (TPSA) is 68.2 Å². The number of aromatic nitrogens is 2. The molecular formula is C15H24N4O2. The smallest absolute Gasteiger partial charge is 0.320 e. The Morgan fingerprint density at radius 3 is 3.19 bits per heavy atom. The van der Waals surface area contributed by atoms with Gasteiger partial charge in [-0.2, -0.15) is 5.10 Å². The Balaban J connectivity index is 1.68. The standard InChI is InChI=1S/C15H24N4O2/c1-21-11-5-9-19-10-8-14(18-19)17-15(20)16-12-13-6-3-2-4-7-13/h2-3,8,10,13H,4-7,9,11-12H2,1H3,(H2,16,17,18,20). The summed E-state index contributed by atoms with van der Waals surface area (Å²) in [6.07, 6.45) is 10.5. The van der Waals surface area contributed by atoms with Gasteiger partial charge in [0.15, 0.2) is 5.82 Å². The number of ether oxygens (including phenoxy) is 1. The zero-order valence-electron chi connectivity index (χ0n) is 12.5. The van der Waals surface area contributed by atoms with Crippen LogP contribution < -0.4 is 10.6 Å². The van der Waals surface area contributed by atoms with Crippen molar-refractivity contribution in [3.8, 4) is 0 Å². The molecule has 2 rings (SSSR count). The molecule has 0 fully saturated rings. The minimum absolute atomic E-state index is 0.188. The van der Waals surface area contributed by atoms with Crippen LogP contribution in [0, 0.1) is 5.92 Å². The fraction of sp³-hybridized carbons (Fsp3) is 0.600. The molecule has 1 heterocycles. The van der Waals surface area contributed by atoms with E-state index in [0.29, 0.717) is 24.9 Å². The van der Waals surface area contributed by atoms with Gasteiger partial charge in [-0.15, -0.1) is 0 Å². The number of carbonyl (C=O) groups excluding carboxylic acids is 1. The second-order valence-corrected chi connectivity index (χ2v) is 5.30.